The lowest BCUT2D eigenvalue weighted by molar-refractivity contribution is 0.100. The summed E-state index contributed by atoms with van der Waals surface area (Å²) in [7, 11) is 0. The lowest BCUT2D eigenvalue weighted by atomic mass is 9.92. The second kappa shape index (κ2) is 6.60. The molecular weight excluding hydrogens is 320 g/mol. The number of rotatable bonds is 2. The van der Waals surface area contributed by atoms with Gasteiger partial charge in [0.1, 0.15) is 0 Å². The molecule has 1 heterocycles. The summed E-state index contributed by atoms with van der Waals surface area (Å²) in [4.78, 5) is 16.7. The van der Waals surface area contributed by atoms with Gasteiger partial charge in [0, 0.05) is 16.2 Å². The van der Waals surface area contributed by atoms with Crippen molar-refractivity contribution >= 4 is 29.2 Å². The number of hydrogen-bond donors (Lipinski definition) is 2. The summed E-state index contributed by atoms with van der Waals surface area (Å²) in [6.45, 7) is 0. The third-order valence-corrected chi connectivity index (χ3v) is 4.61. The molecule has 0 fully saturated rings. The molecule has 5 nitrogen and oxygen atoms in total. The lowest BCUT2D eigenvalue weighted by Gasteiger charge is -2.19. The molecule has 3 rings (SSSR count). The molecule has 1 aliphatic rings. The van der Waals surface area contributed by atoms with Crippen molar-refractivity contribution < 1.29 is 4.79 Å². The molecule has 0 radical (unpaired) electrons. The van der Waals surface area contributed by atoms with E-state index in [1.54, 1.807) is 30.0 Å². The maximum absolute atomic E-state index is 12.1. The zero-order valence-corrected chi connectivity index (χ0v) is 13.5. The number of nitrogens with zero attached hydrogens (tertiary/aromatic N) is 2. The topological polar surface area (TPSA) is 105 Å². The highest BCUT2D eigenvalue weighted by atomic mass is 32.2. The fourth-order valence-corrected chi connectivity index (χ4v) is 3.49. The van der Waals surface area contributed by atoms with E-state index in [-0.39, 0.29) is 5.96 Å². The van der Waals surface area contributed by atoms with Crippen LogP contribution in [0, 0.1) is 11.3 Å². The minimum atomic E-state index is -0.485. The van der Waals surface area contributed by atoms with E-state index in [1.165, 1.54) is 0 Å². The van der Waals surface area contributed by atoms with Gasteiger partial charge in [-0.05, 0) is 41.0 Å². The number of fused-ring (bicyclic) bond motifs is 1. The van der Waals surface area contributed by atoms with Gasteiger partial charge in [-0.2, -0.15) is 10.3 Å². The Balaban J connectivity index is 2.12. The van der Waals surface area contributed by atoms with Crippen molar-refractivity contribution in [2.75, 3.05) is 5.75 Å². The Hall–Kier alpha value is -3.04. The Morgan fingerprint density at radius 1 is 1.17 bits per heavy atom. The molecule has 0 atom stereocenters. The van der Waals surface area contributed by atoms with Crippen LogP contribution in [-0.2, 0) is 0 Å². The van der Waals surface area contributed by atoms with Crippen LogP contribution >= 0.6 is 11.8 Å². The molecule has 2 aromatic rings. The van der Waals surface area contributed by atoms with Crippen LogP contribution < -0.4 is 11.5 Å². The number of aliphatic imine (C=N–C) groups is 1. The van der Waals surface area contributed by atoms with Gasteiger partial charge in [0.25, 0.3) is 5.91 Å². The highest BCUT2D eigenvalue weighted by molar-refractivity contribution is 7.99. The van der Waals surface area contributed by atoms with E-state index in [1.807, 2.05) is 24.3 Å². The van der Waals surface area contributed by atoms with Crippen LogP contribution in [0.15, 0.2) is 58.4 Å². The lowest BCUT2D eigenvalue weighted by Crippen LogP contribution is -2.24. The monoisotopic (exact) mass is 334 g/mol. The number of guanidine groups is 1. The predicted octanol–water partition coefficient (Wildman–Crippen LogP) is 2.51. The van der Waals surface area contributed by atoms with Gasteiger partial charge < -0.3 is 11.5 Å². The fourth-order valence-electron chi connectivity index (χ4n) is 2.58. The number of carbonyl (C=O) groups excluding carboxylic acids is 1. The van der Waals surface area contributed by atoms with E-state index in [0.29, 0.717) is 11.1 Å². The molecule has 0 aliphatic carbocycles. The Kier molecular flexibility index (Phi) is 4.36. The second-order valence-electron chi connectivity index (χ2n) is 5.14. The normalized spacial score (nSPS) is 12.5. The Morgan fingerprint density at radius 2 is 1.96 bits per heavy atom. The van der Waals surface area contributed by atoms with Crippen molar-refractivity contribution in [3.63, 3.8) is 0 Å². The minimum absolute atomic E-state index is 0.266. The van der Waals surface area contributed by atoms with Crippen LogP contribution in [-0.4, -0.2) is 17.6 Å². The second-order valence-corrected chi connectivity index (χ2v) is 6.20. The standard InChI is InChI=1S/C18H14N4OS/c19-10-12-3-1-2-4-13(12)14-7-8-24-16-6-5-11(9-15(14)16)17(23)22-18(20)21/h1-7,9H,8H2,(H4,20,21,22,23). The fraction of sp³-hybridized carbons (Fsp3) is 0.0556. The third kappa shape index (κ3) is 3.03. The first-order chi connectivity index (χ1) is 11.6. The van der Waals surface area contributed by atoms with E-state index >= 15 is 0 Å². The first-order valence-corrected chi connectivity index (χ1v) is 8.19. The largest absolute Gasteiger partial charge is 0.370 e. The SMILES string of the molecule is N#Cc1ccccc1C1=CCSc2ccc(C(=O)N=C(N)N)cc21. The summed E-state index contributed by atoms with van der Waals surface area (Å²) in [5.41, 5.74) is 14.3. The van der Waals surface area contributed by atoms with E-state index in [2.05, 4.69) is 17.1 Å². The van der Waals surface area contributed by atoms with Crippen molar-refractivity contribution in [2.45, 2.75) is 4.90 Å². The number of amides is 1. The first kappa shape index (κ1) is 15.8. The molecule has 4 N–H and O–H groups in total. The predicted molar refractivity (Wildman–Crippen MR) is 95.5 cm³/mol. The highest BCUT2D eigenvalue weighted by Gasteiger charge is 2.19. The van der Waals surface area contributed by atoms with Crippen LogP contribution in [0.2, 0.25) is 0 Å². The molecule has 24 heavy (non-hydrogen) atoms. The summed E-state index contributed by atoms with van der Waals surface area (Å²) in [5, 5.41) is 9.36. The van der Waals surface area contributed by atoms with Gasteiger partial charge in [0.2, 0.25) is 0 Å². The first-order valence-electron chi connectivity index (χ1n) is 7.21. The zero-order valence-electron chi connectivity index (χ0n) is 12.7. The third-order valence-electron chi connectivity index (χ3n) is 3.61. The summed E-state index contributed by atoms with van der Waals surface area (Å²) in [5.74, 6) is 0.0579. The maximum atomic E-state index is 12.1. The minimum Gasteiger partial charge on any atom is -0.370 e. The summed E-state index contributed by atoms with van der Waals surface area (Å²) >= 11 is 1.68. The van der Waals surface area contributed by atoms with Gasteiger partial charge in [0.15, 0.2) is 5.96 Å². The van der Waals surface area contributed by atoms with Crippen LogP contribution in [0.1, 0.15) is 27.0 Å². The Labute approximate surface area is 143 Å². The molecule has 0 aromatic heterocycles. The van der Waals surface area contributed by atoms with Gasteiger partial charge in [-0.3, -0.25) is 4.79 Å². The highest BCUT2D eigenvalue weighted by Crippen LogP contribution is 2.38. The average Bonchev–Trinajstić information content (AvgIpc) is 2.60. The van der Waals surface area contributed by atoms with E-state index in [9.17, 15) is 10.1 Å². The van der Waals surface area contributed by atoms with Gasteiger partial charge in [-0.15, -0.1) is 11.8 Å². The van der Waals surface area contributed by atoms with Crippen molar-refractivity contribution in [2.24, 2.45) is 16.5 Å². The van der Waals surface area contributed by atoms with Gasteiger partial charge >= 0.3 is 0 Å². The van der Waals surface area contributed by atoms with E-state index < -0.39 is 5.91 Å². The van der Waals surface area contributed by atoms with E-state index in [0.717, 1.165) is 27.3 Å². The molecule has 0 unspecified atom stereocenters. The molecule has 1 aliphatic heterocycles. The van der Waals surface area contributed by atoms with Crippen molar-refractivity contribution in [1.82, 2.24) is 0 Å². The quantitative estimate of drug-likeness (QED) is 0.648. The average molecular weight is 334 g/mol. The number of benzene rings is 2. The number of nitrogens with two attached hydrogens (primary N) is 2. The van der Waals surface area contributed by atoms with Gasteiger partial charge in [0.05, 0.1) is 11.6 Å². The molecular formula is C18H14N4OS. The molecule has 0 bridgehead atoms. The van der Waals surface area contributed by atoms with Crippen LogP contribution in [0.4, 0.5) is 0 Å². The van der Waals surface area contributed by atoms with Crippen molar-refractivity contribution in [3.05, 3.63) is 70.8 Å². The molecule has 0 saturated carbocycles. The zero-order chi connectivity index (χ0) is 17.1. The summed E-state index contributed by atoms with van der Waals surface area (Å²) in [6, 6.07) is 15.0. The van der Waals surface area contributed by atoms with Crippen molar-refractivity contribution in [3.8, 4) is 6.07 Å². The van der Waals surface area contributed by atoms with Crippen LogP contribution in [0.25, 0.3) is 5.57 Å². The number of thioether (sulfide) groups is 1. The van der Waals surface area contributed by atoms with Crippen LogP contribution in [0.5, 0.6) is 0 Å². The van der Waals surface area contributed by atoms with Gasteiger partial charge in [-0.1, -0.05) is 24.3 Å². The maximum Gasteiger partial charge on any atom is 0.280 e. The smallest absolute Gasteiger partial charge is 0.280 e. The molecule has 0 saturated heterocycles. The van der Waals surface area contributed by atoms with E-state index in [4.69, 9.17) is 11.5 Å². The summed E-state index contributed by atoms with van der Waals surface area (Å²) in [6.07, 6.45) is 2.07. The number of carbonyl (C=O) groups is 1. The summed E-state index contributed by atoms with van der Waals surface area (Å²) < 4.78 is 0. The number of hydrogen-bond acceptors (Lipinski definition) is 3. The number of nitriles is 1. The van der Waals surface area contributed by atoms with Crippen LogP contribution in [0.3, 0.4) is 0 Å². The molecule has 118 valence electrons. The molecule has 2 aromatic carbocycles. The molecule has 0 spiro atoms. The molecule has 6 heteroatoms. The van der Waals surface area contributed by atoms with Crippen molar-refractivity contribution in [1.29, 1.82) is 5.26 Å². The Morgan fingerprint density at radius 3 is 2.71 bits per heavy atom. The molecule has 1 amide bonds. The Bertz CT molecular complexity index is 921. The van der Waals surface area contributed by atoms with Gasteiger partial charge in [-0.25, -0.2) is 0 Å².